The summed E-state index contributed by atoms with van der Waals surface area (Å²) in [7, 11) is 1.42. The van der Waals surface area contributed by atoms with Gasteiger partial charge in [-0.05, 0) is 37.6 Å². The SMILES string of the molecule is COCC(=O)Oc1ccc2c(c1C)O/C(=C\c1ccc(C)cc1)C2=O. The Labute approximate surface area is 145 Å². The lowest BCUT2D eigenvalue weighted by Crippen LogP contribution is -2.14. The molecule has 0 amide bonds. The van der Waals surface area contributed by atoms with Crippen molar-refractivity contribution in [3.63, 3.8) is 0 Å². The van der Waals surface area contributed by atoms with Crippen molar-refractivity contribution in [3.8, 4) is 11.5 Å². The van der Waals surface area contributed by atoms with Crippen molar-refractivity contribution in [2.45, 2.75) is 13.8 Å². The second kappa shape index (κ2) is 6.91. The largest absolute Gasteiger partial charge is 0.452 e. The third kappa shape index (κ3) is 3.46. The van der Waals surface area contributed by atoms with Gasteiger partial charge < -0.3 is 14.2 Å². The van der Waals surface area contributed by atoms with E-state index in [2.05, 4.69) is 0 Å². The first-order chi connectivity index (χ1) is 12.0. The number of carbonyl (C=O) groups excluding carboxylic acids is 2. The number of rotatable bonds is 4. The Bertz CT molecular complexity index is 862. The molecule has 0 bridgehead atoms. The molecule has 0 fully saturated rings. The number of fused-ring (bicyclic) bond motifs is 1. The number of ether oxygens (including phenoxy) is 3. The van der Waals surface area contributed by atoms with Crippen molar-refractivity contribution in [2.24, 2.45) is 0 Å². The average molecular weight is 338 g/mol. The second-order valence-electron chi connectivity index (χ2n) is 5.82. The van der Waals surface area contributed by atoms with E-state index in [0.29, 0.717) is 22.6 Å². The first-order valence-electron chi connectivity index (χ1n) is 7.83. The minimum absolute atomic E-state index is 0.144. The molecule has 5 nitrogen and oxygen atoms in total. The molecule has 2 aromatic rings. The van der Waals surface area contributed by atoms with E-state index in [4.69, 9.17) is 14.2 Å². The number of ketones is 1. The number of hydrogen-bond acceptors (Lipinski definition) is 5. The van der Waals surface area contributed by atoms with E-state index in [1.165, 1.54) is 7.11 Å². The molecule has 2 aromatic carbocycles. The molecule has 25 heavy (non-hydrogen) atoms. The van der Waals surface area contributed by atoms with Crippen LogP contribution >= 0.6 is 0 Å². The molecule has 3 rings (SSSR count). The molecule has 0 aliphatic carbocycles. The van der Waals surface area contributed by atoms with E-state index in [-0.39, 0.29) is 18.1 Å². The van der Waals surface area contributed by atoms with E-state index < -0.39 is 5.97 Å². The summed E-state index contributed by atoms with van der Waals surface area (Å²) in [5, 5.41) is 0. The van der Waals surface area contributed by atoms with E-state index in [0.717, 1.165) is 11.1 Å². The van der Waals surface area contributed by atoms with Crippen LogP contribution in [0.3, 0.4) is 0 Å². The van der Waals surface area contributed by atoms with Gasteiger partial charge in [0.15, 0.2) is 5.76 Å². The lowest BCUT2D eigenvalue weighted by molar-refractivity contribution is -0.138. The van der Waals surface area contributed by atoms with Crippen LogP contribution in [0.15, 0.2) is 42.2 Å². The monoisotopic (exact) mass is 338 g/mol. The Morgan fingerprint density at radius 2 is 1.84 bits per heavy atom. The molecule has 0 unspecified atom stereocenters. The lowest BCUT2D eigenvalue weighted by Gasteiger charge is -2.09. The fourth-order valence-corrected chi connectivity index (χ4v) is 2.56. The van der Waals surface area contributed by atoms with Gasteiger partial charge in [-0.25, -0.2) is 4.79 Å². The number of aryl methyl sites for hydroxylation is 1. The summed E-state index contributed by atoms with van der Waals surface area (Å²) in [6.45, 7) is 3.60. The predicted molar refractivity (Wildman–Crippen MR) is 92.8 cm³/mol. The number of methoxy groups -OCH3 is 1. The highest BCUT2D eigenvalue weighted by atomic mass is 16.6. The maximum absolute atomic E-state index is 12.5. The van der Waals surface area contributed by atoms with Crippen LogP contribution in [0.5, 0.6) is 11.5 Å². The zero-order valence-corrected chi connectivity index (χ0v) is 14.3. The number of esters is 1. The number of allylic oxidation sites excluding steroid dienone is 1. The normalized spacial score (nSPS) is 14.4. The molecule has 0 atom stereocenters. The summed E-state index contributed by atoms with van der Waals surface area (Å²) in [4.78, 5) is 24.1. The molecule has 0 N–H and O–H groups in total. The Balaban J connectivity index is 1.89. The zero-order chi connectivity index (χ0) is 18.0. The van der Waals surface area contributed by atoms with Gasteiger partial charge in [0, 0.05) is 12.7 Å². The van der Waals surface area contributed by atoms with Gasteiger partial charge in [-0.1, -0.05) is 29.8 Å². The van der Waals surface area contributed by atoms with E-state index in [1.54, 1.807) is 25.1 Å². The summed E-state index contributed by atoms with van der Waals surface area (Å²) in [5.41, 5.74) is 3.08. The minimum atomic E-state index is -0.509. The zero-order valence-electron chi connectivity index (χ0n) is 14.3. The molecule has 128 valence electrons. The van der Waals surface area contributed by atoms with Crippen LogP contribution in [-0.4, -0.2) is 25.5 Å². The summed E-state index contributed by atoms with van der Waals surface area (Å²) in [6, 6.07) is 11.0. The molecule has 1 heterocycles. The molecule has 5 heteroatoms. The Kier molecular flexibility index (Phi) is 4.67. The van der Waals surface area contributed by atoms with Crippen LogP contribution < -0.4 is 9.47 Å². The Morgan fingerprint density at radius 3 is 2.52 bits per heavy atom. The predicted octanol–water partition coefficient (Wildman–Crippen LogP) is 3.47. The Hall–Kier alpha value is -2.92. The maximum atomic E-state index is 12.5. The van der Waals surface area contributed by atoms with Gasteiger partial charge >= 0.3 is 5.97 Å². The summed E-state index contributed by atoms with van der Waals surface area (Å²) < 4.78 is 15.7. The second-order valence-corrected chi connectivity index (χ2v) is 5.82. The third-order valence-electron chi connectivity index (χ3n) is 3.90. The molecule has 0 spiro atoms. The smallest absolute Gasteiger partial charge is 0.337 e. The van der Waals surface area contributed by atoms with E-state index in [1.807, 2.05) is 31.2 Å². The molecular formula is C20H18O5. The van der Waals surface area contributed by atoms with Gasteiger partial charge in [-0.3, -0.25) is 4.79 Å². The van der Waals surface area contributed by atoms with Crippen molar-refractivity contribution in [1.29, 1.82) is 0 Å². The van der Waals surface area contributed by atoms with Gasteiger partial charge in [0.1, 0.15) is 18.1 Å². The van der Waals surface area contributed by atoms with Crippen molar-refractivity contribution in [3.05, 3.63) is 64.4 Å². The highest BCUT2D eigenvalue weighted by Crippen LogP contribution is 2.39. The quantitative estimate of drug-likeness (QED) is 0.485. The fourth-order valence-electron chi connectivity index (χ4n) is 2.56. The fraction of sp³-hybridized carbons (Fsp3) is 0.200. The summed E-state index contributed by atoms with van der Waals surface area (Å²) in [6.07, 6.45) is 1.71. The van der Waals surface area contributed by atoms with Gasteiger partial charge in [-0.15, -0.1) is 0 Å². The molecule has 0 radical (unpaired) electrons. The average Bonchev–Trinajstić information content (AvgIpc) is 2.90. The van der Waals surface area contributed by atoms with Crippen molar-refractivity contribution in [2.75, 3.05) is 13.7 Å². The van der Waals surface area contributed by atoms with Crippen LogP contribution in [0, 0.1) is 13.8 Å². The molecule has 1 aliphatic rings. The number of Topliss-reactive ketones (excluding diaryl/α,β-unsaturated/α-hetero) is 1. The van der Waals surface area contributed by atoms with Crippen LogP contribution in [-0.2, 0) is 9.53 Å². The summed E-state index contributed by atoms with van der Waals surface area (Å²) in [5.74, 6) is 0.331. The van der Waals surface area contributed by atoms with Crippen molar-refractivity contribution >= 4 is 17.8 Å². The number of benzene rings is 2. The lowest BCUT2D eigenvalue weighted by atomic mass is 10.1. The first-order valence-corrected chi connectivity index (χ1v) is 7.83. The van der Waals surface area contributed by atoms with Gasteiger partial charge in [0.2, 0.25) is 5.78 Å². The standard InChI is InChI=1S/C20H18O5/c1-12-4-6-14(7-5-12)10-17-19(22)15-8-9-16(13(2)20(15)25-17)24-18(21)11-23-3/h4-10H,11H2,1-3H3/b17-10-. The molecule has 0 aromatic heterocycles. The molecule has 0 saturated carbocycles. The Morgan fingerprint density at radius 1 is 1.12 bits per heavy atom. The van der Waals surface area contributed by atoms with Crippen molar-refractivity contribution < 1.29 is 23.8 Å². The highest BCUT2D eigenvalue weighted by Gasteiger charge is 2.30. The molecular weight excluding hydrogens is 320 g/mol. The van der Waals surface area contributed by atoms with Crippen LogP contribution in [0.1, 0.15) is 27.0 Å². The van der Waals surface area contributed by atoms with E-state index in [9.17, 15) is 9.59 Å². The first kappa shape index (κ1) is 16.9. The van der Waals surface area contributed by atoms with Crippen LogP contribution in [0.25, 0.3) is 6.08 Å². The van der Waals surface area contributed by atoms with Crippen molar-refractivity contribution in [1.82, 2.24) is 0 Å². The highest BCUT2D eigenvalue weighted by molar-refractivity contribution is 6.15. The van der Waals surface area contributed by atoms with Crippen LogP contribution in [0.4, 0.5) is 0 Å². The maximum Gasteiger partial charge on any atom is 0.337 e. The third-order valence-corrected chi connectivity index (χ3v) is 3.90. The van der Waals surface area contributed by atoms with Crippen LogP contribution in [0.2, 0.25) is 0 Å². The summed E-state index contributed by atoms with van der Waals surface area (Å²) >= 11 is 0. The number of carbonyl (C=O) groups is 2. The molecule has 0 saturated heterocycles. The van der Waals surface area contributed by atoms with Gasteiger partial charge in [0.05, 0.1) is 5.56 Å². The molecule has 1 aliphatic heterocycles. The van der Waals surface area contributed by atoms with Gasteiger partial charge in [-0.2, -0.15) is 0 Å². The topological polar surface area (TPSA) is 61.8 Å². The number of hydrogen-bond donors (Lipinski definition) is 0. The van der Waals surface area contributed by atoms with Gasteiger partial charge in [0.25, 0.3) is 0 Å². The van der Waals surface area contributed by atoms with E-state index >= 15 is 0 Å². The minimum Gasteiger partial charge on any atom is -0.452 e.